The second-order valence-electron chi connectivity index (χ2n) is 5.67. The van der Waals surface area contributed by atoms with Crippen LogP contribution in [-0.4, -0.2) is 19.8 Å². The highest BCUT2D eigenvalue weighted by Gasteiger charge is 2.20. The van der Waals surface area contributed by atoms with Crippen molar-refractivity contribution in [3.63, 3.8) is 0 Å². The van der Waals surface area contributed by atoms with Gasteiger partial charge in [-0.25, -0.2) is 13.6 Å². The lowest BCUT2D eigenvalue weighted by Crippen LogP contribution is -2.23. The lowest BCUT2D eigenvalue weighted by atomic mass is 10.1. The van der Waals surface area contributed by atoms with Gasteiger partial charge in [0.1, 0.15) is 12.4 Å². The van der Waals surface area contributed by atoms with Gasteiger partial charge >= 0.3 is 5.69 Å². The average Bonchev–Trinajstić information content (AvgIpc) is 2.93. The van der Waals surface area contributed by atoms with Gasteiger partial charge in [0.05, 0.1) is 10.2 Å². The van der Waals surface area contributed by atoms with Crippen molar-refractivity contribution in [2.45, 2.75) is 20.0 Å². The third-order valence-corrected chi connectivity index (χ3v) is 4.45. The Morgan fingerprint density at radius 1 is 1.23 bits per heavy atom. The summed E-state index contributed by atoms with van der Waals surface area (Å²) in [5.74, 6) is 0.511. The first kappa shape index (κ1) is 18.2. The summed E-state index contributed by atoms with van der Waals surface area (Å²) in [6, 6.07) is 9.75. The molecule has 9 heteroatoms. The molecular formula is C17H15BrF2N4O2. The largest absolute Gasteiger partial charge is 0.488 e. The molecule has 0 aliphatic carbocycles. The summed E-state index contributed by atoms with van der Waals surface area (Å²) in [4.78, 5) is 12.1. The molecule has 0 unspecified atom stereocenters. The number of hydrogen-bond acceptors (Lipinski definition) is 4. The molecule has 0 saturated heterocycles. The van der Waals surface area contributed by atoms with Gasteiger partial charge in [0.2, 0.25) is 0 Å². The molecule has 0 saturated carbocycles. The molecule has 0 amide bonds. The van der Waals surface area contributed by atoms with Crippen LogP contribution < -0.4 is 10.4 Å². The molecule has 0 fully saturated rings. The molecule has 1 heterocycles. The summed E-state index contributed by atoms with van der Waals surface area (Å²) in [6.07, 6.45) is -2.72. The van der Waals surface area contributed by atoms with E-state index in [2.05, 4.69) is 26.4 Å². The molecule has 0 aliphatic rings. The van der Waals surface area contributed by atoms with E-state index < -0.39 is 12.1 Å². The minimum Gasteiger partial charge on any atom is -0.488 e. The van der Waals surface area contributed by atoms with E-state index in [0.717, 1.165) is 14.9 Å². The Morgan fingerprint density at radius 3 is 2.62 bits per heavy atom. The van der Waals surface area contributed by atoms with Gasteiger partial charge in [0.15, 0.2) is 0 Å². The maximum atomic E-state index is 13.5. The highest BCUT2D eigenvalue weighted by atomic mass is 79.9. The topological polar surface area (TPSA) is 61.9 Å². The Balaban J connectivity index is 2.04. The lowest BCUT2D eigenvalue weighted by molar-refractivity contribution is 0.148. The van der Waals surface area contributed by atoms with Crippen LogP contribution in [0.3, 0.4) is 0 Å². The van der Waals surface area contributed by atoms with E-state index in [1.165, 1.54) is 25.2 Å². The quantitative estimate of drug-likeness (QED) is 0.628. The predicted molar refractivity (Wildman–Crippen MR) is 94.8 cm³/mol. The van der Waals surface area contributed by atoms with Crippen molar-refractivity contribution in [1.29, 1.82) is 0 Å². The van der Waals surface area contributed by atoms with Crippen LogP contribution in [0.4, 0.5) is 8.78 Å². The Labute approximate surface area is 156 Å². The summed E-state index contributed by atoms with van der Waals surface area (Å²) < 4.78 is 35.4. The van der Waals surface area contributed by atoms with Crippen molar-refractivity contribution < 1.29 is 13.5 Å². The molecule has 3 aromatic rings. The monoisotopic (exact) mass is 424 g/mol. The Kier molecular flexibility index (Phi) is 5.17. The van der Waals surface area contributed by atoms with Crippen LogP contribution in [0.5, 0.6) is 5.75 Å². The summed E-state index contributed by atoms with van der Waals surface area (Å²) in [7, 11) is 1.43. The maximum absolute atomic E-state index is 13.5. The number of aryl methyl sites for hydroxylation is 2. The van der Waals surface area contributed by atoms with Crippen LogP contribution in [0.25, 0.3) is 5.69 Å². The zero-order valence-electron chi connectivity index (χ0n) is 14.0. The Bertz CT molecular complexity index is 1000. The van der Waals surface area contributed by atoms with Gasteiger partial charge < -0.3 is 4.74 Å². The van der Waals surface area contributed by atoms with Crippen molar-refractivity contribution >= 4 is 15.9 Å². The second kappa shape index (κ2) is 7.36. The summed E-state index contributed by atoms with van der Waals surface area (Å²) in [5.41, 5.74) is 0.670. The van der Waals surface area contributed by atoms with E-state index in [9.17, 15) is 13.6 Å². The summed E-state index contributed by atoms with van der Waals surface area (Å²) in [6.45, 7) is 1.78. The zero-order chi connectivity index (χ0) is 18.8. The fourth-order valence-electron chi connectivity index (χ4n) is 2.49. The van der Waals surface area contributed by atoms with Crippen LogP contribution in [-0.2, 0) is 13.7 Å². The smallest absolute Gasteiger partial charge is 0.368 e. The van der Waals surface area contributed by atoms with Gasteiger partial charge in [-0.2, -0.15) is 9.36 Å². The highest BCUT2D eigenvalue weighted by Crippen LogP contribution is 2.30. The molecule has 0 aliphatic heterocycles. The molecular weight excluding hydrogens is 410 g/mol. The number of aromatic nitrogens is 4. The molecule has 2 aromatic carbocycles. The third-order valence-electron chi connectivity index (χ3n) is 3.83. The molecule has 26 heavy (non-hydrogen) atoms. The van der Waals surface area contributed by atoms with Crippen molar-refractivity contribution in [2.75, 3.05) is 0 Å². The molecule has 0 radical (unpaired) electrons. The maximum Gasteiger partial charge on any atom is 0.368 e. The molecule has 6 nitrogen and oxygen atoms in total. The number of nitrogens with zero attached hydrogens (tertiary/aromatic N) is 4. The van der Waals surface area contributed by atoms with Crippen molar-refractivity contribution in [2.24, 2.45) is 7.05 Å². The summed E-state index contributed by atoms with van der Waals surface area (Å²) in [5, 5.41) is 7.37. The molecule has 1 aromatic heterocycles. The van der Waals surface area contributed by atoms with E-state index >= 15 is 0 Å². The van der Waals surface area contributed by atoms with E-state index in [1.54, 1.807) is 6.07 Å². The Morgan fingerprint density at radius 2 is 2.00 bits per heavy atom. The normalized spacial score (nSPS) is 11.2. The number of tetrazole rings is 1. The lowest BCUT2D eigenvalue weighted by Gasteiger charge is -2.15. The van der Waals surface area contributed by atoms with Gasteiger partial charge in [0.25, 0.3) is 6.43 Å². The standard InChI is InChI=1S/C17H15BrF2N4O2/c1-10-6-7-15(13(18)8-10)26-9-12-11(16(19)20)4-3-5-14(12)24-17(25)23(2)21-22-24/h3-8,16H,9H2,1-2H3. The number of hydrogen-bond donors (Lipinski definition) is 0. The van der Waals surface area contributed by atoms with Gasteiger partial charge in [-0.1, -0.05) is 18.2 Å². The van der Waals surface area contributed by atoms with Crippen LogP contribution >= 0.6 is 15.9 Å². The molecule has 136 valence electrons. The Hall–Kier alpha value is -2.55. The predicted octanol–water partition coefficient (Wildman–Crippen LogP) is 3.55. The van der Waals surface area contributed by atoms with E-state index in [-0.39, 0.29) is 23.4 Å². The first-order valence-electron chi connectivity index (χ1n) is 7.66. The fourth-order valence-corrected chi connectivity index (χ4v) is 3.10. The summed E-state index contributed by atoms with van der Waals surface area (Å²) >= 11 is 3.39. The fraction of sp³-hybridized carbons (Fsp3) is 0.235. The molecule has 3 rings (SSSR count). The molecule has 0 bridgehead atoms. The SMILES string of the molecule is Cc1ccc(OCc2c(C(F)F)cccc2-n2nnn(C)c2=O)c(Br)c1. The van der Waals surface area contributed by atoms with Crippen LogP contribution in [0.15, 0.2) is 45.7 Å². The van der Waals surface area contributed by atoms with E-state index in [0.29, 0.717) is 10.2 Å². The zero-order valence-corrected chi connectivity index (χ0v) is 15.6. The van der Waals surface area contributed by atoms with Crippen LogP contribution in [0.2, 0.25) is 0 Å². The van der Waals surface area contributed by atoms with E-state index in [4.69, 9.17) is 4.74 Å². The second-order valence-corrected chi connectivity index (χ2v) is 6.52. The van der Waals surface area contributed by atoms with Gasteiger partial charge in [-0.05, 0) is 57.0 Å². The third kappa shape index (κ3) is 3.52. The molecule has 0 atom stereocenters. The van der Waals surface area contributed by atoms with Gasteiger partial charge in [0, 0.05) is 18.2 Å². The number of benzene rings is 2. The average molecular weight is 425 g/mol. The number of alkyl halides is 2. The van der Waals surface area contributed by atoms with Crippen LogP contribution in [0.1, 0.15) is 23.1 Å². The van der Waals surface area contributed by atoms with Crippen molar-refractivity contribution in [3.05, 3.63) is 68.0 Å². The van der Waals surface area contributed by atoms with Gasteiger partial charge in [-0.15, -0.1) is 0 Å². The van der Waals surface area contributed by atoms with Crippen molar-refractivity contribution in [3.8, 4) is 11.4 Å². The van der Waals surface area contributed by atoms with E-state index in [1.807, 2.05) is 19.1 Å². The molecule has 0 spiro atoms. The minimum atomic E-state index is -2.72. The first-order chi connectivity index (χ1) is 12.4. The van der Waals surface area contributed by atoms with Crippen molar-refractivity contribution in [1.82, 2.24) is 19.8 Å². The van der Waals surface area contributed by atoms with Crippen LogP contribution in [0, 0.1) is 6.92 Å². The molecule has 0 N–H and O–H groups in total. The number of halogens is 3. The van der Waals surface area contributed by atoms with Gasteiger partial charge in [-0.3, -0.25) is 0 Å². The number of rotatable bonds is 5. The highest BCUT2D eigenvalue weighted by molar-refractivity contribution is 9.10. The number of ether oxygens (including phenoxy) is 1. The first-order valence-corrected chi connectivity index (χ1v) is 8.46. The minimum absolute atomic E-state index is 0.152.